The van der Waals surface area contributed by atoms with Crippen LogP contribution in [0.4, 0.5) is 10.1 Å². The van der Waals surface area contributed by atoms with Gasteiger partial charge in [-0.15, -0.1) is 0 Å². The van der Waals surface area contributed by atoms with E-state index >= 15 is 0 Å². The highest BCUT2D eigenvalue weighted by atomic mass is 79.9. The SMILES string of the molecule is CC1CCC1.CCC(=O)CC(C)(C)C.CCC(C)=Nc1ccc(F)c(Br)c1C. The van der Waals surface area contributed by atoms with E-state index in [0.29, 0.717) is 23.1 Å². The van der Waals surface area contributed by atoms with Crippen molar-refractivity contribution in [3.63, 3.8) is 0 Å². The Morgan fingerprint density at radius 3 is 2.07 bits per heavy atom. The lowest BCUT2D eigenvalue weighted by molar-refractivity contribution is -0.120. The zero-order valence-electron chi connectivity index (χ0n) is 19.1. The summed E-state index contributed by atoms with van der Waals surface area (Å²) in [5, 5.41) is 0. The maximum absolute atomic E-state index is 13.1. The van der Waals surface area contributed by atoms with Gasteiger partial charge >= 0.3 is 0 Å². The summed E-state index contributed by atoms with van der Waals surface area (Å²) in [5.74, 6) is 1.19. The molecule has 0 amide bonds. The van der Waals surface area contributed by atoms with Crippen molar-refractivity contribution in [1.29, 1.82) is 0 Å². The second-order valence-electron chi connectivity index (χ2n) is 8.87. The lowest BCUT2D eigenvalue weighted by Crippen LogP contribution is -2.11. The Labute approximate surface area is 180 Å². The second-order valence-corrected chi connectivity index (χ2v) is 9.66. The molecule has 1 aliphatic carbocycles. The van der Waals surface area contributed by atoms with E-state index in [9.17, 15) is 9.18 Å². The molecule has 0 bridgehead atoms. The molecule has 1 aliphatic rings. The lowest BCUT2D eigenvalue weighted by Gasteiger charge is -2.18. The highest BCUT2D eigenvalue weighted by molar-refractivity contribution is 9.10. The van der Waals surface area contributed by atoms with Gasteiger partial charge in [0.05, 0.1) is 10.2 Å². The van der Waals surface area contributed by atoms with Gasteiger partial charge in [-0.2, -0.15) is 0 Å². The van der Waals surface area contributed by atoms with Crippen molar-refractivity contribution in [3.05, 3.63) is 28.0 Å². The number of aliphatic imine (C=N–C) groups is 1. The van der Waals surface area contributed by atoms with E-state index in [4.69, 9.17) is 0 Å². The number of halogens is 2. The minimum Gasteiger partial charge on any atom is -0.300 e. The van der Waals surface area contributed by atoms with Crippen LogP contribution in [0.15, 0.2) is 21.6 Å². The highest BCUT2D eigenvalue weighted by Crippen LogP contribution is 2.29. The number of Topliss-reactive ketones (excluding diaryl/α,β-unsaturated/α-hetero) is 1. The number of hydrogen-bond acceptors (Lipinski definition) is 2. The molecule has 0 aliphatic heterocycles. The number of carbonyl (C=O) groups excluding carboxylic acids is 1. The predicted molar refractivity (Wildman–Crippen MR) is 124 cm³/mol. The van der Waals surface area contributed by atoms with Crippen LogP contribution in [0.5, 0.6) is 0 Å². The van der Waals surface area contributed by atoms with Crippen LogP contribution in [0.25, 0.3) is 0 Å². The molecule has 4 heteroatoms. The van der Waals surface area contributed by atoms with E-state index < -0.39 is 0 Å². The van der Waals surface area contributed by atoms with Gasteiger partial charge in [-0.1, -0.05) is 60.8 Å². The average molecular weight is 456 g/mol. The van der Waals surface area contributed by atoms with Crippen molar-refractivity contribution in [1.82, 2.24) is 0 Å². The first-order valence-corrected chi connectivity index (χ1v) is 11.2. The van der Waals surface area contributed by atoms with Crippen molar-refractivity contribution in [2.24, 2.45) is 16.3 Å². The number of carbonyl (C=O) groups is 1. The molecule has 1 aromatic carbocycles. The van der Waals surface area contributed by atoms with Crippen molar-refractivity contribution < 1.29 is 9.18 Å². The van der Waals surface area contributed by atoms with Gasteiger partial charge in [-0.25, -0.2) is 4.39 Å². The third-order valence-corrected chi connectivity index (χ3v) is 5.62. The van der Waals surface area contributed by atoms with Crippen LogP contribution in [0.1, 0.15) is 92.6 Å². The molecule has 28 heavy (non-hydrogen) atoms. The van der Waals surface area contributed by atoms with Crippen LogP contribution < -0.4 is 0 Å². The quantitative estimate of drug-likeness (QED) is 0.417. The van der Waals surface area contributed by atoms with Crippen LogP contribution in [-0.2, 0) is 4.79 Å². The molecular formula is C24H39BrFNO. The zero-order valence-corrected chi connectivity index (χ0v) is 20.7. The molecule has 0 heterocycles. The Bertz CT molecular complexity index is 643. The van der Waals surface area contributed by atoms with Gasteiger partial charge in [0.1, 0.15) is 11.6 Å². The van der Waals surface area contributed by atoms with E-state index in [1.165, 1.54) is 25.3 Å². The van der Waals surface area contributed by atoms with Gasteiger partial charge in [0.25, 0.3) is 0 Å². The molecule has 1 fully saturated rings. The van der Waals surface area contributed by atoms with Crippen molar-refractivity contribution >= 4 is 33.1 Å². The lowest BCUT2D eigenvalue weighted by atomic mass is 9.88. The standard InChI is InChI=1S/C11H13BrFN.C8H16O.C5H10/c1-4-7(2)14-10-6-5-9(13)11(12)8(10)3;1-5-7(9)6-8(2,3)4;1-5-3-2-4-5/h5-6H,4H2,1-3H3;5-6H2,1-4H3;5H,2-4H2,1H3. The molecule has 1 saturated carbocycles. The third kappa shape index (κ3) is 11.7. The minimum atomic E-state index is -0.240. The number of benzene rings is 1. The maximum Gasteiger partial charge on any atom is 0.137 e. The molecular weight excluding hydrogens is 417 g/mol. The molecule has 0 atom stereocenters. The first-order chi connectivity index (χ1) is 12.9. The first kappa shape index (κ1) is 27.0. The monoisotopic (exact) mass is 455 g/mol. The van der Waals surface area contributed by atoms with Gasteiger partial charge in [0.15, 0.2) is 0 Å². The summed E-state index contributed by atoms with van der Waals surface area (Å²) in [4.78, 5) is 15.2. The normalized spacial score (nSPS) is 14.3. The van der Waals surface area contributed by atoms with Gasteiger partial charge in [-0.3, -0.25) is 9.79 Å². The summed E-state index contributed by atoms with van der Waals surface area (Å²) < 4.78 is 13.6. The fourth-order valence-electron chi connectivity index (χ4n) is 2.38. The van der Waals surface area contributed by atoms with Gasteiger partial charge in [0, 0.05) is 18.6 Å². The third-order valence-electron chi connectivity index (χ3n) is 4.65. The van der Waals surface area contributed by atoms with Crippen molar-refractivity contribution in [3.8, 4) is 0 Å². The summed E-state index contributed by atoms with van der Waals surface area (Å²) in [6.07, 6.45) is 6.76. The highest BCUT2D eigenvalue weighted by Gasteiger charge is 2.13. The number of rotatable bonds is 4. The van der Waals surface area contributed by atoms with Gasteiger partial charge in [0.2, 0.25) is 0 Å². The first-order valence-electron chi connectivity index (χ1n) is 10.4. The van der Waals surface area contributed by atoms with Crippen LogP contribution in [0.3, 0.4) is 0 Å². The van der Waals surface area contributed by atoms with Crippen LogP contribution in [0, 0.1) is 24.1 Å². The van der Waals surface area contributed by atoms with Crippen LogP contribution in [0.2, 0.25) is 0 Å². The zero-order chi connectivity index (χ0) is 21.9. The van der Waals surface area contributed by atoms with E-state index in [1.54, 1.807) is 6.07 Å². The molecule has 0 N–H and O–H groups in total. The van der Waals surface area contributed by atoms with E-state index in [0.717, 1.165) is 29.3 Å². The number of ketones is 1. The smallest absolute Gasteiger partial charge is 0.137 e. The van der Waals surface area contributed by atoms with E-state index in [1.807, 2.05) is 27.7 Å². The topological polar surface area (TPSA) is 29.4 Å². The van der Waals surface area contributed by atoms with Crippen LogP contribution in [-0.4, -0.2) is 11.5 Å². The van der Waals surface area contributed by atoms with Crippen LogP contribution >= 0.6 is 15.9 Å². The van der Waals surface area contributed by atoms with Gasteiger partial charge < -0.3 is 0 Å². The summed E-state index contributed by atoms with van der Waals surface area (Å²) in [5.41, 5.74) is 2.90. The van der Waals surface area contributed by atoms with E-state index in [2.05, 4.69) is 48.6 Å². The molecule has 0 spiro atoms. The number of nitrogens with zero attached hydrogens (tertiary/aromatic N) is 1. The summed E-state index contributed by atoms with van der Waals surface area (Å²) in [6.45, 7) is 16.3. The Morgan fingerprint density at radius 1 is 1.21 bits per heavy atom. The predicted octanol–water partition coefficient (Wildman–Crippen LogP) is 8.61. The summed E-state index contributed by atoms with van der Waals surface area (Å²) in [7, 11) is 0. The van der Waals surface area contributed by atoms with Crippen molar-refractivity contribution in [2.45, 2.75) is 93.9 Å². The molecule has 0 radical (unpaired) electrons. The molecule has 0 aromatic heterocycles. The van der Waals surface area contributed by atoms with Crippen molar-refractivity contribution in [2.75, 3.05) is 0 Å². The largest absolute Gasteiger partial charge is 0.300 e. The molecule has 160 valence electrons. The fourth-order valence-corrected chi connectivity index (χ4v) is 2.71. The Morgan fingerprint density at radius 2 is 1.75 bits per heavy atom. The molecule has 1 aromatic rings. The average Bonchev–Trinajstić information content (AvgIpc) is 2.60. The van der Waals surface area contributed by atoms with Gasteiger partial charge in [-0.05, 0) is 65.2 Å². The fraction of sp³-hybridized carbons (Fsp3) is 0.667. The maximum atomic E-state index is 13.1. The molecule has 2 rings (SSSR count). The molecule has 2 nitrogen and oxygen atoms in total. The Balaban J connectivity index is 0.000000442. The minimum absolute atomic E-state index is 0.174. The Kier molecular flexibility index (Phi) is 12.8. The number of hydrogen-bond donors (Lipinski definition) is 0. The second kappa shape index (κ2) is 13.2. The Hall–Kier alpha value is -1.03. The molecule has 0 unspecified atom stereocenters. The van der Waals surface area contributed by atoms with E-state index in [-0.39, 0.29) is 11.2 Å². The summed E-state index contributed by atoms with van der Waals surface area (Å²) >= 11 is 3.20. The summed E-state index contributed by atoms with van der Waals surface area (Å²) in [6, 6.07) is 3.13. The molecule has 0 saturated heterocycles.